The van der Waals surface area contributed by atoms with Crippen molar-refractivity contribution in [2.24, 2.45) is 17.8 Å². The number of thioether (sulfide) groups is 1. The number of allylic oxidation sites excluding steroid dienone is 3. The van der Waals surface area contributed by atoms with Gasteiger partial charge in [-0.2, -0.15) is 0 Å². The van der Waals surface area contributed by atoms with Gasteiger partial charge in [0, 0.05) is 71.0 Å². The summed E-state index contributed by atoms with van der Waals surface area (Å²) < 4.78 is 29.4. The van der Waals surface area contributed by atoms with E-state index < -0.39 is 76.8 Å². The Kier molecular flexibility index (Phi) is 17.2. The van der Waals surface area contributed by atoms with Crippen LogP contribution >= 0.6 is 23.4 Å². The number of ketones is 1. The number of aliphatic hydroxyl groups is 1. The Hall–Kier alpha value is -4.49. The van der Waals surface area contributed by atoms with Crippen molar-refractivity contribution in [1.82, 2.24) is 15.1 Å². The minimum atomic E-state index is -1.87. The fourth-order valence-corrected chi connectivity index (χ4v) is 11.3. The molecule has 374 valence electrons. The molecule has 68 heavy (non-hydrogen) atoms. The van der Waals surface area contributed by atoms with Crippen LogP contribution in [0.2, 0.25) is 5.02 Å². The van der Waals surface area contributed by atoms with Crippen LogP contribution in [0, 0.1) is 17.8 Å². The molecule has 5 aliphatic rings. The van der Waals surface area contributed by atoms with Crippen LogP contribution < -0.4 is 15.0 Å². The number of ether oxygens (including phenoxy) is 5. The molecule has 0 aromatic heterocycles. The lowest BCUT2D eigenvalue weighted by Crippen LogP contribution is -2.63. The summed E-state index contributed by atoms with van der Waals surface area (Å²) in [4.78, 5) is 97.3. The Morgan fingerprint density at radius 1 is 1.09 bits per heavy atom. The molecule has 0 radical (unpaired) electrons. The number of rotatable bonds is 13. The lowest BCUT2D eigenvalue weighted by molar-refractivity contribution is -0.162. The van der Waals surface area contributed by atoms with Gasteiger partial charge in [-0.3, -0.25) is 34.2 Å². The van der Waals surface area contributed by atoms with Gasteiger partial charge in [0.25, 0.3) is 0 Å². The summed E-state index contributed by atoms with van der Waals surface area (Å²) >= 11 is 8.04. The van der Waals surface area contributed by atoms with Crippen molar-refractivity contribution in [3.05, 3.63) is 46.5 Å². The predicted molar refractivity (Wildman–Crippen MR) is 254 cm³/mol. The summed E-state index contributed by atoms with van der Waals surface area (Å²) in [5.74, 6) is -1.73. The number of halogens is 1. The van der Waals surface area contributed by atoms with Gasteiger partial charge in [0.05, 0.1) is 30.6 Å². The number of alkyl carbamates (subject to hydrolysis) is 1. The van der Waals surface area contributed by atoms with Crippen LogP contribution in [0.3, 0.4) is 0 Å². The largest absolute Gasteiger partial charge is 0.495 e. The van der Waals surface area contributed by atoms with E-state index in [2.05, 4.69) is 5.32 Å². The smallest absolute Gasteiger partial charge is 0.409 e. The number of carbonyl (C=O) groups is 7. The van der Waals surface area contributed by atoms with Gasteiger partial charge in [-0.15, -0.1) is 11.8 Å². The van der Waals surface area contributed by atoms with Crippen molar-refractivity contribution in [2.75, 3.05) is 45.5 Å². The van der Waals surface area contributed by atoms with E-state index in [1.54, 1.807) is 45.2 Å². The lowest BCUT2D eigenvalue weighted by Gasteiger charge is -2.42. The number of hydrogen-bond donors (Lipinski definition) is 2. The number of esters is 1. The van der Waals surface area contributed by atoms with Gasteiger partial charge in [0.2, 0.25) is 23.6 Å². The number of anilines is 1. The van der Waals surface area contributed by atoms with E-state index in [9.17, 15) is 38.7 Å². The van der Waals surface area contributed by atoms with Crippen molar-refractivity contribution in [3.8, 4) is 5.75 Å². The first-order valence-corrected chi connectivity index (χ1v) is 24.9. The fourth-order valence-electron chi connectivity index (χ4n) is 9.87. The van der Waals surface area contributed by atoms with Crippen LogP contribution in [-0.2, 0) is 54.1 Å². The molecule has 1 aromatic rings. The molecule has 2 N–H and O–H groups in total. The third-order valence-electron chi connectivity index (χ3n) is 14.5. The molecule has 6 rings (SSSR count). The normalized spacial score (nSPS) is 32.8. The first-order chi connectivity index (χ1) is 32.1. The first-order valence-electron chi connectivity index (χ1n) is 23.5. The number of fused-ring (bicyclic) bond motifs is 5. The highest BCUT2D eigenvalue weighted by Gasteiger charge is 2.64. The zero-order valence-electron chi connectivity index (χ0n) is 40.5. The highest BCUT2D eigenvalue weighted by molar-refractivity contribution is 8.00. The maximum Gasteiger partial charge on any atom is 0.409 e. The summed E-state index contributed by atoms with van der Waals surface area (Å²) in [6, 6.07) is 2.43. The highest BCUT2D eigenvalue weighted by Crippen LogP contribution is 2.49. The maximum atomic E-state index is 14.3. The number of benzene rings is 1. The SMILES string of the molecule is CCC(=O)C1CCC(CN2C(=O)CC(SCCC(=O)N(C)[C@@H](C)C(=O)O[C@H]3CC(=O)N(C)c4cc(cc(OC)c4Cl)C/C(C)=C/C=C/[C@@H](OC)[C@@]4(O)C[C@H](OC(=O)N4)[C@@H](C)C4O[C@]43C)C2=O)CC1. The summed E-state index contributed by atoms with van der Waals surface area (Å²) in [5, 5.41) is 13.9. The topological polar surface area (TPSA) is 211 Å². The van der Waals surface area contributed by atoms with E-state index >= 15 is 0 Å². The monoisotopic (exact) mass is 986 g/mol. The van der Waals surface area contributed by atoms with Crippen LogP contribution in [-0.4, -0.2) is 144 Å². The van der Waals surface area contributed by atoms with E-state index in [1.165, 1.54) is 54.7 Å². The zero-order valence-corrected chi connectivity index (χ0v) is 42.1. The van der Waals surface area contributed by atoms with Gasteiger partial charge in [-0.25, -0.2) is 9.59 Å². The molecule has 2 unspecified atom stereocenters. The molecule has 1 aromatic carbocycles. The van der Waals surface area contributed by atoms with Gasteiger partial charge in [-0.05, 0) is 76.5 Å². The van der Waals surface area contributed by atoms with Crippen LogP contribution in [0.1, 0.15) is 98.0 Å². The van der Waals surface area contributed by atoms with E-state index in [-0.39, 0.29) is 65.9 Å². The second-order valence-electron chi connectivity index (χ2n) is 19.1. The molecule has 17 nitrogen and oxygen atoms in total. The zero-order chi connectivity index (χ0) is 49.8. The molecule has 9 atom stereocenters. The van der Waals surface area contributed by atoms with Crippen LogP contribution in [0.15, 0.2) is 35.9 Å². The minimum absolute atomic E-state index is 0.0288. The number of imide groups is 1. The van der Waals surface area contributed by atoms with Crippen LogP contribution in [0.5, 0.6) is 5.75 Å². The average Bonchev–Trinajstić information content (AvgIpc) is 3.94. The van der Waals surface area contributed by atoms with Gasteiger partial charge >= 0.3 is 12.1 Å². The highest BCUT2D eigenvalue weighted by atomic mass is 35.5. The Labute approximate surface area is 407 Å². The number of hydrogen-bond acceptors (Lipinski definition) is 14. The third kappa shape index (κ3) is 11.7. The molecule has 1 aliphatic carbocycles. The molecule has 4 fully saturated rings. The summed E-state index contributed by atoms with van der Waals surface area (Å²) in [5.41, 5.74) is -1.13. The molecule has 4 bridgehead atoms. The molecule has 4 heterocycles. The molecular weight excluding hydrogens is 920 g/mol. The van der Waals surface area contributed by atoms with Crippen molar-refractivity contribution < 1.29 is 62.4 Å². The van der Waals surface area contributed by atoms with Gasteiger partial charge in [-0.1, -0.05) is 49.2 Å². The van der Waals surface area contributed by atoms with Crippen molar-refractivity contribution in [3.63, 3.8) is 0 Å². The Morgan fingerprint density at radius 2 is 1.79 bits per heavy atom. The number of amides is 5. The number of nitrogens with one attached hydrogen (secondary N) is 1. The first kappa shape index (κ1) is 52.9. The Bertz CT molecular complexity index is 2180. The lowest BCUT2D eigenvalue weighted by atomic mass is 9.79. The molecular formula is C49H67ClN4O13S. The summed E-state index contributed by atoms with van der Waals surface area (Å²) in [7, 11) is 5.91. The molecule has 5 amide bonds. The van der Waals surface area contributed by atoms with E-state index in [1.807, 2.05) is 19.9 Å². The number of nitrogens with zero attached hydrogens (tertiary/aromatic N) is 3. The van der Waals surface area contributed by atoms with Gasteiger partial charge < -0.3 is 38.6 Å². The molecule has 3 saturated heterocycles. The minimum Gasteiger partial charge on any atom is -0.495 e. The molecule has 1 saturated carbocycles. The number of likely N-dealkylation sites (tertiary alicyclic amines) is 1. The second-order valence-corrected chi connectivity index (χ2v) is 20.8. The summed E-state index contributed by atoms with van der Waals surface area (Å²) in [6.45, 7) is 9.09. The summed E-state index contributed by atoms with van der Waals surface area (Å²) in [6.07, 6.45) is 4.15. The van der Waals surface area contributed by atoms with Crippen LogP contribution in [0.4, 0.5) is 10.5 Å². The van der Waals surface area contributed by atoms with Crippen LogP contribution in [0.25, 0.3) is 0 Å². The van der Waals surface area contributed by atoms with E-state index in [0.717, 1.165) is 36.8 Å². The Balaban J connectivity index is 1.15. The van der Waals surface area contributed by atoms with E-state index in [4.69, 9.17) is 35.3 Å². The van der Waals surface area contributed by atoms with E-state index in [0.29, 0.717) is 30.8 Å². The second kappa shape index (κ2) is 22.1. The molecule has 0 spiro atoms. The Morgan fingerprint density at radius 3 is 2.46 bits per heavy atom. The van der Waals surface area contributed by atoms with Gasteiger partial charge in [0.1, 0.15) is 46.5 Å². The van der Waals surface area contributed by atoms with Crippen molar-refractivity contribution in [1.29, 1.82) is 0 Å². The number of methoxy groups -OCH3 is 2. The fraction of sp³-hybridized carbons (Fsp3) is 0.653. The maximum absolute atomic E-state index is 14.3. The number of epoxide rings is 1. The number of Topliss-reactive ketones (excluding diaryl/α,β-unsaturated/α-hetero) is 1. The average molecular weight is 988 g/mol. The van der Waals surface area contributed by atoms with Crippen molar-refractivity contribution in [2.45, 2.75) is 146 Å². The molecule has 4 aliphatic heterocycles. The number of likely N-dealkylation sites (N-methyl/N-ethyl adjacent to an activating group) is 1. The van der Waals surface area contributed by atoms with Gasteiger partial charge in [0.15, 0.2) is 5.72 Å². The third-order valence-corrected chi connectivity index (χ3v) is 16.0. The predicted octanol–water partition coefficient (Wildman–Crippen LogP) is 5.55. The van der Waals surface area contributed by atoms with Crippen molar-refractivity contribution >= 4 is 70.5 Å². The standard InChI is InChI=1S/C49H67ClN4O13S/c1-10-34(55)32-16-14-30(15-17-32)26-54-42(58)23-37(45(54)59)68-19-18-40(56)52(6)29(4)46(60)66-39-24-41(57)53(7)33-21-31(22-35(63-8)43(33)50)20-27(2)12-11-13-38(64-9)49(62)25-36(65-47(61)51-49)28(3)44-48(39,5)67-44/h11-13,21-22,28-30,32,36-39,44,62H,10,14-20,23-26H2,1-9H3,(H,51,61)/b13-11+,27-12+/t28-,29+,30?,32?,36+,37?,38-,39+,44?,48+,49+/m1/s1. The molecule has 19 heteroatoms. The number of carbonyl (C=O) groups excluding carboxylic acids is 7. The quantitative estimate of drug-likeness (QED) is 0.141.